The number of hydrogen-bond acceptors (Lipinski definition) is 11. The normalized spacial score (nSPS) is 20.9. The summed E-state index contributed by atoms with van der Waals surface area (Å²) < 4.78 is 30.7. The van der Waals surface area contributed by atoms with E-state index in [0.29, 0.717) is 87.7 Å². The number of rotatable bonds is 9. The van der Waals surface area contributed by atoms with Crippen molar-refractivity contribution in [2.75, 3.05) is 67.5 Å². The number of amides is 3. The fraction of sp³-hybridized carbons (Fsp3) is 0.500. The molecule has 0 aliphatic carbocycles. The molecule has 4 fully saturated rings. The predicted molar refractivity (Wildman–Crippen MR) is 210 cm³/mol. The molecule has 4 aliphatic heterocycles. The number of nitrogens with one attached hydrogen (secondary N) is 2. The average molecular weight is 791 g/mol. The number of hydrogen-bond donors (Lipinski definition) is 3. The van der Waals surface area contributed by atoms with Gasteiger partial charge in [0.1, 0.15) is 0 Å². The van der Waals surface area contributed by atoms with Crippen molar-refractivity contribution in [3.05, 3.63) is 65.4 Å². The molecule has 8 rings (SSSR count). The predicted octanol–water partition coefficient (Wildman–Crippen LogP) is 3.94. The number of aromatic nitrogens is 4. The maximum absolute atomic E-state index is 13.7. The van der Waals surface area contributed by atoms with E-state index in [1.54, 1.807) is 27.2 Å². The summed E-state index contributed by atoms with van der Waals surface area (Å²) in [6.07, 6.45) is 7.75. The summed E-state index contributed by atoms with van der Waals surface area (Å²) in [7, 11) is -1.79. The third kappa shape index (κ3) is 8.01. The highest BCUT2D eigenvalue weighted by atomic mass is 35.5. The first-order valence-electron chi connectivity index (χ1n) is 19.1. The molecular formula is C38H47ClN10O5S. The Kier molecular flexibility index (Phi) is 10.4. The molecule has 292 valence electrons. The number of likely N-dealkylation sites (tertiary alicyclic amines) is 1. The number of aryl methyl sites for hydroxylation is 1. The monoisotopic (exact) mass is 790 g/mol. The first-order valence-corrected chi connectivity index (χ1v) is 20.9. The second-order valence-corrected chi connectivity index (χ2v) is 17.7. The number of aliphatic hydroxyl groups is 1. The van der Waals surface area contributed by atoms with Crippen molar-refractivity contribution in [3.63, 3.8) is 0 Å². The number of piperidine rings is 3. The fourth-order valence-corrected chi connectivity index (χ4v) is 10.1. The lowest BCUT2D eigenvalue weighted by Crippen LogP contribution is -2.52. The van der Waals surface area contributed by atoms with Crippen LogP contribution in [0.1, 0.15) is 56.4 Å². The quantitative estimate of drug-likeness (QED) is 0.225. The average Bonchev–Trinajstić information content (AvgIpc) is 3.51. The molecule has 55 heavy (non-hydrogen) atoms. The summed E-state index contributed by atoms with van der Waals surface area (Å²) >= 11 is 5.89. The Morgan fingerprint density at radius 3 is 2.38 bits per heavy atom. The topological polar surface area (TPSA) is 169 Å². The molecular weight excluding hydrogens is 744 g/mol. The van der Waals surface area contributed by atoms with Gasteiger partial charge in [0, 0.05) is 69.9 Å². The summed E-state index contributed by atoms with van der Waals surface area (Å²) in [6.45, 7) is 4.77. The van der Waals surface area contributed by atoms with Gasteiger partial charge in [0.05, 0.1) is 33.4 Å². The Bertz CT molecular complexity index is 2160. The standard InChI is InChI=1S/C38H47ClN10O5S/c1-45-33-21-27(5-6-32(33)35(44-45)49-18-11-34(50)43-37(49)51)26-7-14-46(15-8-26)25-38(52)12-19-47(20-13-38)30-3-2-4-31(22-30)55(53,54)48-16-9-29(10-17-48)42-36-40-23-28(39)24-41-36/h2-6,21-24,26,29,52H,7-20,25H2,1H3,(H,40,41,42)(H,43,50,51). The van der Waals surface area contributed by atoms with Crippen molar-refractivity contribution in [2.24, 2.45) is 7.05 Å². The first-order chi connectivity index (χ1) is 26.4. The van der Waals surface area contributed by atoms with Crippen LogP contribution in [0, 0.1) is 0 Å². The molecule has 2 aromatic carbocycles. The van der Waals surface area contributed by atoms with E-state index < -0.39 is 21.7 Å². The van der Waals surface area contributed by atoms with Gasteiger partial charge in [0.2, 0.25) is 21.9 Å². The van der Waals surface area contributed by atoms with Crippen LogP contribution in [-0.2, 0) is 21.9 Å². The third-order valence-corrected chi connectivity index (χ3v) is 13.8. The lowest BCUT2D eigenvalue weighted by molar-refractivity contribution is -0.120. The maximum atomic E-state index is 13.7. The Morgan fingerprint density at radius 2 is 1.67 bits per heavy atom. The number of nitrogens with zero attached hydrogens (tertiary/aromatic N) is 8. The second-order valence-electron chi connectivity index (χ2n) is 15.3. The number of imide groups is 1. The Hall–Kier alpha value is -4.35. The zero-order chi connectivity index (χ0) is 38.3. The SMILES string of the molecule is Cn1nc(N2CCC(=O)NC2=O)c2ccc(C3CCN(CC4(O)CCN(c5cccc(S(=O)(=O)N6CCC(Nc7ncc(Cl)cn7)CC6)c5)CC4)CC3)cc21. The van der Waals surface area contributed by atoms with Crippen LogP contribution in [-0.4, -0.2) is 118 Å². The van der Waals surface area contributed by atoms with E-state index in [1.807, 2.05) is 19.2 Å². The Labute approximate surface area is 325 Å². The third-order valence-electron chi connectivity index (χ3n) is 11.7. The maximum Gasteiger partial charge on any atom is 0.329 e. The number of fused-ring (bicyclic) bond motifs is 1. The minimum atomic E-state index is -3.67. The van der Waals surface area contributed by atoms with Gasteiger partial charge in [-0.1, -0.05) is 23.7 Å². The van der Waals surface area contributed by atoms with Gasteiger partial charge in [-0.3, -0.25) is 19.7 Å². The van der Waals surface area contributed by atoms with Gasteiger partial charge in [0.25, 0.3) is 0 Å². The molecule has 4 aromatic rings. The number of carbonyl (C=O) groups excluding carboxylic acids is 2. The lowest BCUT2D eigenvalue weighted by atomic mass is 9.86. The van der Waals surface area contributed by atoms with Crippen LogP contribution in [0.25, 0.3) is 10.9 Å². The summed E-state index contributed by atoms with van der Waals surface area (Å²) in [4.78, 5) is 38.9. The van der Waals surface area contributed by atoms with E-state index in [2.05, 4.69) is 47.6 Å². The van der Waals surface area contributed by atoms with Crippen LogP contribution in [0.5, 0.6) is 0 Å². The van der Waals surface area contributed by atoms with Gasteiger partial charge in [-0.05, 0) is 93.4 Å². The minimum Gasteiger partial charge on any atom is -0.388 e. The van der Waals surface area contributed by atoms with Crippen molar-refractivity contribution >= 4 is 61.9 Å². The molecule has 0 unspecified atom stereocenters. The van der Waals surface area contributed by atoms with Crippen LogP contribution in [0.4, 0.5) is 22.2 Å². The summed E-state index contributed by atoms with van der Waals surface area (Å²) in [5.41, 5.74) is 2.23. The molecule has 0 spiro atoms. The number of urea groups is 1. The van der Waals surface area contributed by atoms with Crippen molar-refractivity contribution in [3.8, 4) is 0 Å². The van der Waals surface area contributed by atoms with E-state index >= 15 is 0 Å². The number of anilines is 3. The number of sulfonamides is 1. The van der Waals surface area contributed by atoms with Crippen molar-refractivity contribution < 1.29 is 23.1 Å². The highest BCUT2D eigenvalue weighted by molar-refractivity contribution is 7.89. The molecule has 0 saturated carbocycles. The summed E-state index contributed by atoms with van der Waals surface area (Å²) in [5.74, 6) is 1.15. The number of β-amino-alcohol motifs (C(OH)–C–C–N with tert-alkyl or cyclic N) is 1. The molecule has 0 atom stereocenters. The van der Waals surface area contributed by atoms with E-state index in [0.717, 1.165) is 42.5 Å². The van der Waals surface area contributed by atoms with Crippen molar-refractivity contribution in [1.29, 1.82) is 0 Å². The van der Waals surface area contributed by atoms with Gasteiger partial charge < -0.3 is 20.2 Å². The molecule has 3 amide bonds. The zero-order valence-corrected chi connectivity index (χ0v) is 32.5. The fourth-order valence-electron chi connectivity index (χ4n) is 8.45. The van der Waals surface area contributed by atoms with E-state index in [9.17, 15) is 23.1 Å². The molecule has 4 aliphatic rings. The lowest BCUT2D eigenvalue weighted by Gasteiger charge is -2.43. The largest absolute Gasteiger partial charge is 0.388 e. The molecule has 0 bridgehead atoms. The van der Waals surface area contributed by atoms with E-state index in [-0.39, 0.29) is 23.3 Å². The van der Waals surface area contributed by atoms with Crippen LogP contribution >= 0.6 is 11.6 Å². The molecule has 15 nitrogen and oxygen atoms in total. The molecule has 17 heteroatoms. The molecule has 4 saturated heterocycles. The van der Waals surface area contributed by atoms with Crippen LogP contribution in [0.15, 0.2) is 59.8 Å². The summed E-state index contributed by atoms with van der Waals surface area (Å²) in [6, 6.07) is 13.2. The number of benzene rings is 2. The molecule has 6 heterocycles. The van der Waals surface area contributed by atoms with E-state index in [1.165, 1.54) is 22.9 Å². The highest BCUT2D eigenvalue weighted by Crippen LogP contribution is 2.35. The second kappa shape index (κ2) is 15.3. The molecule has 2 aromatic heterocycles. The van der Waals surface area contributed by atoms with Gasteiger partial charge in [0.15, 0.2) is 5.82 Å². The molecule has 3 N–H and O–H groups in total. The Morgan fingerprint density at radius 1 is 0.945 bits per heavy atom. The van der Waals surface area contributed by atoms with Crippen molar-refractivity contribution in [2.45, 2.75) is 67.4 Å². The first kappa shape index (κ1) is 37.6. The minimum absolute atomic E-state index is 0.0714. The molecule has 0 radical (unpaired) electrons. The smallest absolute Gasteiger partial charge is 0.329 e. The van der Waals surface area contributed by atoms with Crippen molar-refractivity contribution in [1.82, 2.24) is 34.3 Å². The zero-order valence-electron chi connectivity index (χ0n) is 30.9. The number of carbonyl (C=O) groups is 2. The van der Waals surface area contributed by atoms with Gasteiger partial charge in [-0.15, -0.1) is 0 Å². The van der Waals surface area contributed by atoms with Gasteiger partial charge in [-0.25, -0.2) is 23.2 Å². The summed E-state index contributed by atoms with van der Waals surface area (Å²) in [5, 5.41) is 23.3. The van der Waals surface area contributed by atoms with Gasteiger partial charge in [-0.2, -0.15) is 9.40 Å². The van der Waals surface area contributed by atoms with Gasteiger partial charge >= 0.3 is 6.03 Å². The van der Waals surface area contributed by atoms with Crippen LogP contribution < -0.4 is 20.4 Å². The van der Waals surface area contributed by atoms with Crippen LogP contribution in [0.2, 0.25) is 5.02 Å². The Balaban J connectivity index is 0.826. The van der Waals surface area contributed by atoms with Crippen LogP contribution in [0.3, 0.4) is 0 Å². The number of halogens is 1. The van der Waals surface area contributed by atoms with E-state index in [4.69, 9.17) is 11.6 Å². The highest BCUT2D eigenvalue weighted by Gasteiger charge is 2.37.